The zero-order valence-corrected chi connectivity index (χ0v) is 11.5. The summed E-state index contributed by atoms with van der Waals surface area (Å²) in [6.07, 6.45) is 2.13. The molecule has 1 heterocycles. The fourth-order valence-electron chi connectivity index (χ4n) is 1.77. The molecule has 1 aromatic carbocycles. The Balaban J connectivity index is 2.44. The Morgan fingerprint density at radius 3 is 2.37 bits per heavy atom. The molecular weight excluding hydrogens is 258 g/mol. The van der Waals surface area contributed by atoms with Gasteiger partial charge in [-0.2, -0.15) is 0 Å². The average molecular weight is 273 g/mol. The summed E-state index contributed by atoms with van der Waals surface area (Å²) in [5, 5.41) is 1.39. The molecule has 4 heteroatoms. The number of nitrogens with zero attached hydrogens (tertiary/aromatic N) is 1. The van der Waals surface area contributed by atoms with Crippen molar-refractivity contribution < 1.29 is 8.42 Å². The highest BCUT2D eigenvalue weighted by atomic mass is 32.2. The van der Waals surface area contributed by atoms with Gasteiger partial charge in [-0.3, -0.25) is 0 Å². The molecule has 1 aromatic heterocycles. The number of hydrogen-bond acceptors (Lipinski definition) is 3. The average Bonchev–Trinajstić information content (AvgIpc) is 2.47. The van der Waals surface area contributed by atoms with Gasteiger partial charge >= 0.3 is 0 Å². The van der Waals surface area contributed by atoms with Gasteiger partial charge in [-0.1, -0.05) is 43.3 Å². The van der Waals surface area contributed by atoms with E-state index in [0.29, 0.717) is 6.42 Å². The Hall–Kier alpha value is -1.94. The zero-order valence-electron chi connectivity index (χ0n) is 10.7. The smallest absolute Gasteiger partial charge is 0.217 e. The lowest BCUT2D eigenvalue weighted by Crippen LogP contribution is -2.00. The normalized spacial score (nSPS) is 12.4. The number of benzene rings is 1. The van der Waals surface area contributed by atoms with Crippen LogP contribution in [0.2, 0.25) is 0 Å². The van der Waals surface area contributed by atoms with Crippen LogP contribution in [0.25, 0.3) is 5.57 Å². The molecule has 2 aromatic rings. The minimum atomic E-state index is -3.49. The third-order valence-electron chi connectivity index (χ3n) is 2.75. The molecule has 0 radical (unpaired) electrons. The van der Waals surface area contributed by atoms with Crippen LogP contribution in [-0.4, -0.2) is 13.4 Å². The van der Waals surface area contributed by atoms with Crippen molar-refractivity contribution >= 4 is 15.4 Å². The lowest BCUT2D eigenvalue weighted by atomic mass is 10.1. The van der Waals surface area contributed by atoms with Crippen molar-refractivity contribution in [2.75, 3.05) is 0 Å². The third-order valence-corrected chi connectivity index (χ3v) is 4.17. The van der Waals surface area contributed by atoms with E-state index in [-0.39, 0.29) is 5.03 Å². The first-order chi connectivity index (χ1) is 9.13. The van der Waals surface area contributed by atoms with Gasteiger partial charge in [0.15, 0.2) is 5.03 Å². The van der Waals surface area contributed by atoms with Gasteiger partial charge in [-0.15, -0.1) is 0 Å². The van der Waals surface area contributed by atoms with Crippen molar-refractivity contribution in [1.29, 1.82) is 0 Å². The summed E-state index contributed by atoms with van der Waals surface area (Å²) in [7, 11) is -3.49. The third kappa shape index (κ3) is 3.29. The van der Waals surface area contributed by atoms with Crippen LogP contribution in [0, 0.1) is 0 Å². The number of pyridine rings is 1. The maximum atomic E-state index is 12.2. The lowest BCUT2D eigenvalue weighted by Gasteiger charge is -2.05. The van der Waals surface area contributed by atoms with Crippen molar-refractivity contribution in [2.24, 2.45) is 0 Å². The molecule has 0 fully saturated rings. The molecule has 0 atom stereocenters. The van der Waals surface area contributed by atoms with Gasteiger partial charge in [-0.25, -0.2) is 13.4 Å². The fraction of sp³-hybridized carbons (Fsp3) is 0.133. The molecule has 3 nitrogen and oxygen atoms in total. The first-order valence-electron chi connectivity index (χ1n) is 6.05. The van der Waals surface area contributed by atoms with E-state index in [2.05, 4.69) is 4.98 Å². The van der Waals surface area contributed by atoms with Crippen molar-refractivity contribution in [3.8, 4) is 0 Å². The molecule has 98 valence electrons. The van der Waals surface area contributed by atoms with Crippen LogP contribution in [0.5, 0.6) is 0 Å². The van der Waals surface area contributed by atoms with E-state index < -0.39 is 9.84 Å². The molecule has 0 bridgehead atoms. The van der Waals surface area contributed by atoms with Crippen LogP contribution >= 0.6 is 0 Å². The van der Waals surface area contributed by atoms with E-state index in [1.165, 1.54) is 17.7 Å². The number of rotatable bonds is 4. The van der Waals surface area contributed by atoms with Gasteiger partial charge in [0.2, 0.25) is 9.84 Å². The molecule has 0 amide bonds. The maximum absolute atomic E-state index is 12.2. The predicted octanol–water partition coefficient (Wildman–Crippen LogP) is 3.31. The second-order valence-electron chi connectivity index (χ2n) is 4.08. The van der Waals surface area contributed by atoms with Gasteiger partial charge in [0, 0.05) is 11.6 Å². The molecule has 2 rings (SSSR count). The summed E-state index contributed by atoms with van der Waals surface area (Å²) in [4.78, 5) is 3.90. The van der Waals surface area contributed by atoms with Gasteiger partial charge < -0.3 is 0 Å². The molecule has 0 spiro atoms. The largest absolute Gasteiger partial charge is 0.244 e. The summed E-state index contributed by atoms with van der Waals surface area (Å²) >= 11 is 0. The highest BCUT2D eigenvalue weighted by Crippen LogP contribution is 2.21. The summed E-state index contributed by atoms with van der Waals surface area (Å²) < 4.78 is 24.5. The summed E-state index contributed by atoms with van der Waals surface area (Å²) in [5.74, 6) is 0. The molecule has 0 aliphatic carbocycles. The number of aromatic nitrogens is 1. The quantitative estimate of drug-likeness (QED) is 0.858. The molecular formula is C15H15NO2S. The molecule has 19 heavy (non-hydrogen) atoms. The summed E-state index contributed by atoms with van der Waals surface area (Å²) in [6.45, 7) is 1.94. The van der Waals surface area contributed by atoms with Crippen molar-refractivity contribution in [3.63, 3.8) is 0 Å². The van der Waals surface area contributed by atoms with E-state index in [1.807, 2.05) is 37.3 Å². The Morgan fingerprint density at radius 2 is 1.79 bits per heavy atom. The van der Waals surface area contributed by atoms with Crippen LogP contribution < -0.4 is 0 Å². The molecule has 0 N–H and O–H groups in total. The van der Waals surface area contributed by atoms with E-state index in [9.17, 15) is 8.42 Å². The number of sulfone groups is 1. The van der Waals surface area contributed by atoms with E-state index >= 15 is 0 Å². The molecule has 0 aliphatic rings. The van der Waals surface area contributed by atoms with E-state index in [4.69, 9.17) is 0 Å². The predicted molar refractivity (Wildman–Crippen MR) is 76.1 cm³/mol. The zero-order chi connectivity index (χ0) is 13.7. The molecule has 0 saturated carbocycles. The molecule has 0 saturated heterocycles. The van der Waals surface area contributed by atoms with Gasteiger partial charge in [0.25, 0.3) is 0 Å². The topological polar surface area (TPSA) is 47.0 Å². The minimum absolute atomic E-state index is 0.0804. The van der Waals surface area contributed by atoms with Crippen LogP contribution in [-0.2, 0) is 9.84 Å². The second-order valence-corrected chi connectivity index (χ2v) is 5.82. The van der Waals surface area contributed by atoms with Crippen molar-refractivity contribution in [3.05, 3.63) is 65.7 Å². The van der Waals surface area contributed by atoms with Gasteiger partial charge in [-0.05, 0) is 29.7 Å². The summed E-state index contributed by atoms with van der Waals surface area (Å²) in [6, 6.07) is 14.4. The number of allylic oxidation sites excluding steroid dienone is 1. The second kappa shape index (κ2) is 5.80. The van der Waals surface area contributed by atoms with Crippen molar-refractivity contribution in [2.45, 2.75) is 18.4 Å². The van der Waals surface area contributed by atoms with E-state index in [1.54, 1.807) is 12.1 Å². The van der Waals surface area contributed by atoms with Crippen LogP contribution in [0.1, 0.15) is 18.9 Å². The van der Waals surface area contributed by atoms with Gasteiger partial charge in [0.05, 0.1) is 0 Å². The Bertz CT molecular complexity index is 662. The van der Waals surface area contributed by atoms with Crippen LogP contribution in [0.4, 0.5) is 0 Å². The molecule has 0 unspecified atom stereocenters. The number of hydrogen-bond donors (Lipinski definition) is 0. The first-order valence-corrected chi connectivity index (χ1v) is 7.60. The summed E-state index contributed by atoms with van der Waals surface area (Å²) in [5.41, 5.74) is 1.70. The maximum Gasteiger partial charge on any atom is 0.217 e. The van der Waals surface area contributed by atoms with Crippen molar-refractivity contribution in [1.82, 2.24) is 4.98 Å². The Morgan fingerprint density at radius 1 is 1.11 bits per heavy atom. The fourth-order valence-corrected chi connectivity index (χ4v) is 3.04. The van der Waals surface area contributed by atoms with E-state index in [0.717, 1.165) is 11.1 Å². The SMILES string of the molecule is CC/C(=C\S(=O)(=O)c1ccccn1)c1ccccc1. The lowest BCUT2D eigenvalue weighted by molar-refractivity contribution is 0.601. The van der Waals surface area contributed by atoms with Crippen LogP contribution in [0.3, 0.4) is 0 Å². The highest BCUT2D eigenvalue weighted by Gasteiger charge is 2.13. The van der Waals surface area contributed by atoms with Crippen LogP contribution in [0.15, 0.2) is 65.2 Å². The Labute approximate surface area is 113 Å². The highest BCUT2D eigenvalue weighted by molar-refractivity contribution is 7.94. The molecule has 0 aliphatic heterocycles. The first kappa shape index (κ1) is 13.5. The Kier molecular flexibility index (Phi) is 4.12. The van der Waals surface area contributed by atoms with Gasteiger partial charge in [0.1, 0.15) is 0 Å². The minimum Gasteiger partial charge on any atom is -0.244 e. The monoisotopic (exact) mass is 273 g/mol. The standard InChI is InChI=1S/C15H15NO2S/c1-2-13(14-8-4-3-5-9-14)12-19(17,18)15-10-6-7-11-16-15/h3-12H,2H2,1H3/b13-12+.